The van der Waals surface area contributed by atoms with Gasteiger partial charge < -0.3 is 14.9 Å². The number of likely N-dealkylation sites (tertiary alicyclic amines) is 2. The first kappa shape index (κ1) is 14.8. The summed E-state index contributed by atoms with van der Waals surface area (Å²) in [6, 6.07) is 0. The zero-order chi connectivity index (χ0) is 15.0. The standard InChI is InChI=1S/C16H26N2O3/c1-12-9-18(11-16(12,21)13-5-4-6-13)15(20)10-17-8-3-2-7-14(17)19/h12-13,21H,2-11H2,1H3/t12-,16+/m1/s1. The van der Waals surface area contributed by atoms with Crippen molar-refractivity contribution >= 4 is 11.8 Å². The van der Waals surface area contributed by atoms with Crippen molar-refractivity contribution in [1.29, 1.82) is 0 Å². The van der Waals surface area contributed by atoms with E-state index in [9.17, 15) is 14.7 Å². The summed E-state index contributed by atoms with van der Waals surface area (Å²) >= 11 is 0. The van der Waals surface area contributed by atoms with Crippen molar-refractivity contribution in [3.63, 3.8) is 0 Å². The number of aliphatic hydroxyl groups is 1. The average Bonchev–Trinajstić information content (AvgIpc) is 2.67. The van der Waals surface area contributed by atoms with Crippen LogP contribution in [0.15, 0.2) is 0 Å². The maximum absolute atomic E-state index is 12.4. The van der Waals surface area contributed by atoms with Gasteiger partial charge in [0.2, 0.25) is 11.8 Å². The minimum Gasteiger partial charge on any atom is -0.387 e. The molecule has 1 saturated carbocycles. The molecule has 2 amide bonds. The molecule has 2 heterocycles. The van der Waals surface area contributed by atoms with Crippen molar-refractivity contribution in [2.45, 2.75) is 51.0 Å². The smallest absolute Gasteiger partial charge is 0.242 e. The van der Waals surface area contributed by atoms with Crippen LogP contribution in [0.2, 0.25) is 0 Å². The van der Waals surface area contributed by atoms with E-state index < -0.39 is 5.60 Å². The van der Waals surface area contributed by atoms with E-state index in [0.29, 0.717) is 32.0 Å². The van der Waals surface area contributed by atoms with Gasteiger partial charge in [-0.3, -0.25) is 9.59 Å². The number of β-amino-alcohol motifs (C(OH)–C–C–N with tert-alkyl or cyclic N) is 1. The summed E-state index contributed by atoms with van der Waals surface area (Å²) in [6.07, 6.45) is 5.83. The van der Waals surface area contributed by atoms with Gasteiger partial charge in [0.1, 0.15) is 0 Å². The highest BCUT2D eigenvalue weighted by Crippen LogP contribution is 2.44. The molecule has 2 aliphatic heterocycles. The van der Waals surface area contributed by atoms with Crippen LogP contribution in [0.3, 0.4) is 0 Å². The predicted octanol–water partition coefficient (Wildman–Crippen LogP) is 1.01. The van der Waals surface area contributed by atoms with Gasteiger partial charge in [-0.05, 0) is 31.6 Å². The number of hydrogen-bond donors (Lipinski definition) is 1. The molecule has 118 valence electrons. The van der Waals surface area contributed by atoms with E-state index in [-0.39, 0.29) is 24.3 Å². The van der Waals surface area contributed by atoms with Gasteiger partial charge in [-0.1, -0.05) is 13.3 Å². The Hall–Kier alpha value is -1.10. The van der Waals surface area contributed by atoms with Gasteiger partial charge in [0, 0.05) is 25.4 Å². The molecule has 5 nitrogen and oxygen atoms in total. The zero-order valence-electron chi connectivity index (χ0n) is 12.9. The molecule has 1 aliphatic carbocycles. The van der Waals surface area contributed by atoms with Crippen LogP contribution in [-0.4, -0.2) is 58.5 Å². The lowest BCUT2D eigenvalue weighted by atomic mass is 9.69. The van der Waals surface area contributed by atoms with Crippen LogP contribution in [0.4, 0.5) is 0 Å². The van der Waals surface area contributed by atoms with Gasteiger partial charge in [-0.2, -0.15) is 0 Å². The first-order valence-electron chi connectivity index (χ1n) is 8.28. The minimum absolute atomic E-state index is 0.00708. The number of piperidine rings is 1. The van der Waals surface area contributed by atoms with Crippen molar-refractivity contribution in [2.75, 3.05) is 26.2 Å². The molecule has 5 heteroatoms. The highest BCUT2D eigenvalue weighted by Gasteiger charge is 2.51. The van der Waals surface area contributed by atoms with Gasteiger partial charge in [0.05, 0.1) is 18.7 Å². The topological polar surface area (TPSA) is 60.9 Å². The molecule has 0 radical (unpaired) electrons. The molecule has 0 aromatic carbocycles. The largest absolute Gasteiger partial charge is 0.387 e. The number of rotatable bonds is 3. The summed E-state index contributed by atoms with van der Waals surface area (Å²) in [4.78, 5) is 27.7. The van der Waals surface area contributed by atoms with Gasteiger partial charge in [-0.15, -0.1) is 0 Å². The first-order valence-corrected chi connectivity index (χ1v) is 8.28. The molecule has 0 unspecified atom stereocenters. The number of carbonyl (C=O) groups is 2. The van der Waals surface area contributed by atoms with E-state index in [2.05, 4.69) is 0 Å². The molecule has 3 aliphatic rings. The third kappa shape index (κ3) is 2.68. The fraction of sp³-hybridized carbons (Fsp3) is 0.875. The van der Waals surface area contributed by atoms with E-state index in [1.54, 1.807) is 9.80 Å². The van der Waals surface area contributed by atoms with Crippen LogP contribution in [0.1, 0.15) is 45.4 Å². The van der Waals surface area contributed by atoms with Crippen molar-refractivity contribution in [2.24, 2.45) is 11.8 Å². The Labute approximate surface area is 126 Å². The molecular weight excluding hydrogens is 268 g/mol. The Morgan fingerprint density at radius 1 is 1.33 bits per heavy atom. The van der Waals surface area contributed by atoms with Gasteiger partial charge in [-0.25, -0.2) is 0 Å². The molecule has 0 bridgehead atoms. The Morgan fingerprint density at radius 3 is 2.71 bits per heavy atom. The van der Waals surface area contributed by atoms with E-state index >= 15 is 0 Å². The molecule has 0 aromatic heterocycles. The molecular formula is C16H26N2O3. The Balaban J connectivity index is 1.59. The Kier molecular flexibility index (Phi) is 3.95. The second kappa shape index (κ2) is 5.59. The summed E-state index contributed by atoms with van der Waals surface area (Å²) in [5.74, 6) is 0.564. The molecule has 21 heavy (non-hydrogen) atoms. The quantitative estimate of drug-likeness (QED) is 0.845. The zero-order valence-corrected chi connectivity index (χ0v) is 12.9. The van der Waals surface area contributed by atoms with E-state index in [4.69, 9.17) is 0 Å². The lowest BCUT2D eigenvalue weighted by molar-refractivity contribution is -0.142. The fourth-order valence-corrected chi connectivity index (χ4v) is 3.94. The average molecular weight is 294 g/mol. The second-order valence-corrected chi connectivity index (χ2v) is 7.07. The minimum atomic E-state index is -0.709. The fourth-order valence-electron chi connectivity index (χ4n) is 3.94. The van der Waals surface area contributed by atoms with E-state index in [1.807, 2.05) is 6.92 Å². The van der Waals surface area contributed by atoms with Gasteiger partial charge >= 0.3 is 0 Å². The maximum atomic E-state index is 12.4. The van der Waals surface area contributed by atoms with Crippen molar-refractivity contribution < 1.29 is 14.7 Å². The van der Waals surface area contributed by atoms with Crippen LogP contribution >= 0.6 is 0 Å². The molecule has 2 saturated heterocycles. The normalized spacial score (nSPS) is 34.2. The lowest BCUT2D eigenvalue weighted by Gasteiger charge is -2.41. The van der Waals surface area contributed by atoms with E-state index in [1.165, 1.54) is 6.42 Å². The molecule has 0 spiro atoms. The van der Waals surface area contributed by atoms with Gasteiger partial charge in [0.25, 0.3) is 0 Å². The van der Waals surface area contributed by atoms with Crippen LogP contribution in [0.5, 0.6) is 0 Å². The van der Waals surface area contributed by atoms with Crippen LogP contribution in [-0.2, 0) is 9.59 Å². The Morgan fingerprint density at radius 2 is 2.10 bits per heavy atom. The van der Waals surface area contributed by atoms with Crippen LogP contribution < -0.4 is 0 Å². The summed E-state index contributed by atoms with van der Waals surface area (Å²) in [7, 11) is 0. The monoisotopic (exact) mass is 294 g/mol. The SMILES string of the molecule is C[C@@H]1CN(C(=O)CN2CCCCC2=O)C[C@@]1(O)C1CCC1. The number of carbonyl (C=O) groups excluding carboxylic acids is 2. The third-order valence-electron chi connectivity index (χ3n) is 5.70. The number of amides is 2. The molecule has 3 rings (SSSR count). The summed E-state index contributed by atoms with van der Waals surface area (Å²) in [5, 5.41) is 10.9. The first-order chi connectivity index (χ1) is 10.0. The molecule has 3 fully saturated rings. The number of hydrogen-bond acceptors (Lipinski definition) is 3. The molecule has 2 atom stereocenters. The van der Waals surface area contributed by atoms with Crippen molar-refractivity contribution in [3.05, 3.63) is 0 Å². The van der Waals surface area contributed by atoms with Crippen LogP contribution in [0, 0.1) is 11.8 Å². The highest BCUT2D eigenvalue weighted by atomic mass is 16.3. The number of nitrogens with zero attached hydrogens (tertiary/aromatic N) is 2. The van der Waals surface area contributed by atoms with Gasteiger partial charge in [0.15, 0.2) is 0 Å². The Bertz CT molecular complexity index is 435. The summed E-state index contributed by atoms with van der Waals surface area (Å²) in [5.41, 5.74) is -0.709. The van der Waals surface area contributed by atoms with E-state index in [0.717, 1.165) is 25.7 Å². The highest BCUT2D eigenvalue weighted by molar-refractivity contribution is 5.85. The molecule has 0 aromatic rings. The predicted molar refractivity (Wildman–Crippen MR) is 78.5 cm³/mol. The second-order valence-electron chi connectivity index (χ2n) is 7.07. The van der Waals surface area contributed by atoms with Crippen molar-refractivity contribution in [1.82, 2.24) is 9.80 Å². The maximum Gasteiger partial charge on any atom is 0.242 e. The van der Waals surface area contributed by atoms with Crippen LogP contribution in [0.25, 0.3) is 0 Å². The summed E-state index contributed by atoms with van der Waals surface area (Å²) < 4.78 is 0. The lowest BCUT2D eigenvalue weighted by Crippen LogP contribution is -2.49. The summed E-state index contributed by atoms with van der Waals surface area (Å²) in [6.45, 7) is 3.98. The third-order valence-corrected chi connectivity index (χ3v) is 5.70. The molecule has 1 N–H and O–H groups in total. The van der Waals surface area contributed by atoms with Crippen molar-refractivity contribution in [3.8, 4) is 0 Å².